The molecule has 1 fully saturated rings. The number of pyridine rings is 1. The lowest BCUT2D eigenvalue weighted by molar-refractivity contribution is -0.0192. The van der Waals surface area contributed by atoms with Crippen molar-refractivity contribution in [1.82, 2.24) is 9.88 Å². The summed E-state index contributed by atoms with van der Waals surface area (Å²) in [5.41, 5.74) is 1.03. The van der Waals surface area contributed by atoms with Gasteiger partial charge in [0.25, 0.3) is 0 Å². The zero-order valence-corrected chi connectivity index (χ0v) is 11.9. The van der Waals surface area contributed by atoms with Gasteiger partial charge in [-0.05, 0) is 24.7 Å². The van der Waals surface area contributed by atoms with E-state index in [1.807, 2.05) is 24.3 Å². The van der Waals surface area contributed by atoms with E-state index in [0.29, 0.717) is 0 Å². The summed E-state index contributed by atoms with van der Waals surface area (Å²) in [7, 11) is 0. The van der Waals surface area contributed by atoms with Crippen LogP contribution in [0.4, 0.5) is 5.82 Å². The topological polar surface area (TPSA) is 37.4 Å². The Morgan fingerprint density at radius 3 is 3.10 bits per heavy atom. The van der Waals surface area contributed by atoms with Gasteiger partial charge in [-0.2, -0.15) is 0 Å². The number of para-hydroxylation sites is 1. The van der Waals surface area contributed by atoms with E-state index in [1.165, 1.54) is 5.39 Å². The second-order valence-corrected chi connectivity index (χ2v) is 5.16. The zero-order valence-electron chi connectivity index (χ0n) is 11.9. The summed E-state index contributed by atoms with van der Waals surface area (Å²) >= 11 is 0. The van der Waals surface area contributed by atoms with E-state index in [-0.39, 0.29) is 6.10 Å². The molecule has 1 aromatic heterocycles. The van der Waals surface area contributed by atoms with Crippen LogP contribution in [0.3, 0.4) is 0 Å². The maximum atomic E-state index is 5.79. The largest absolute Gasteiger partial charge is 0.374 e. The maximum absolute atomic E-state index is 5.79. The van der Waals surface area contributed by atoms with Crippen LogP contribution in [-0.2, 0) is 4.74 Å². The van der Waals surface area contributed by atoms with Crippen LogP contribution in [0.2, 0.25) is 0 Å². The van der Waals surface area contributed by atoms with Crippen LogP contribution in [-0.4, -0.2) is 48.8 Å². The van der Waals surface area contributed by atoms with E-state index in [4.69, 9.17) is 4.74 Å². The quantitative estimate of drug-likeness (QED) is 0.926. The smallest absolute Gasteiger partial charge is 0.126 e. The van der Waals surface area contributed by atoms with Gasteiger partial charge >= 0.3 is 0 Å². The van der Waals surface area contributed by atoms with Gasteiger partial charge in [-0.25, -0.2) is 4.98 Å². The number of anilines is 1. The van der Waals surface area contributed by atoms with Gasteiger partial charge in [-0.3, -0.25) is 4.90 Å². The molecule has 1 N–H and O–H groups in total. The Morgan fingerprint density at radius 1 is 1.30 bits per heavy atom. The van der Waals surface area contributed by atoms with Crippen molar-refractivity contribution < 1.29 is 4.74 Å². The monoisotopic (exact) mass is 271 g/mol. The Kier molecular flexibility index (Phi) is 4.14. The molecule has 0 aliphatic carbocycles. The normalized spacial score (nSPS) is 20.1. The molecule has 2 aromatic rings. The van der Waals surface area contributed by atoms with Gasteiger partial charge in [0.2, 0.25) is 0 Å². The number of fused-ring (bicyclic) bond motifs is 1. The van der Waals surface area contributed by atoms with Gasteiger partial charge in [-0.15, -0.1) is 0 Å². The lowest BCUT2D eigenvalue weighted by Crippen LogP contribution is -2.45. The van der Waals surface area contributed by atoms with Crippen molar-refractivity contribution in [3.63, 3.8) is 0 Å². The number of aromatic nitrogens is 1. The molecule has 4 heteroatoms. The average Bonchev–Trinajstić information content (AvgIpc) is 2.53. The predicted molar refractivity (Wildman–Crippen MR) is 82.1 cm³/mol. The summed E-state index contributed by atoms with van der Waals surface area (Å²) in [6.45, 7) is 6.96. The highest BCUT2D eigenvalue weighted by molar-refractivity contribution is 5.80. The first-order chi connectivity index (χ1) is 9.85. The number of ether oxygens (including phenoxy) is 1. The molecule has 0 saturated carbocycles. The van der Waals surface area contributed by atoms with Crippen LogP contribution in [0.15, 0.2) is 36.4 Å². The third kappa shape index (κ3) is 3.08. The van der Waals surface area contributed by atoms with Gasteiger partial charge in [0, 0.05) is 25.0 Å². The highest BCUT2D eigenvalue weighted by Crippen LogP contribution is 2.15. The van der Waals surface area contributed by atoms with Crippen molar-refractivity contribution in [2.45, 2.75) is 13.0 Å². The van der Waals surface area contributed by atoms with E-state index >= 15 is 0 Å². The lowest BCUT2D eigenvalue weighted by Gasteiger charge is -2.32. The Bertz CT molecular complexity index is 572. The minimum absolute atomic E-state index is 0.247. The summed E-state index contributed by atoms with van der Waals surface area (Å²) in [4.78, 5) is 7.04. The number of rotatable bonds is 4. The fraction of sp³-hybridized carbons (Fsp3) is 0.438. The molecule has 0 amide bonds. The Hall–Kier alpha value is -1.65. The molecule has 1 atom stereocenters. The standard InChI is InChI=1S/C16H21N3O/c1-2-19-9-10-20-14(12-19)11-17-16-8-7-13-5-3-4-6-15(13)18-16/h3-8,14H,2,9-12H2,1H3,(H,17,18). The Labute approximate surface area is 119 Å². The summed E-state index contributed by atoms with van der Waals surface area (Å²) in [5.74, 6) is 0.918. The Morgan fingerprint density at radius 2 is 2.20 bits per heavy atom. The van der Waals surface area contributed by atoms with E-state index in [2.05, 4.69) is 34.3 Å². The second-order valence-electron chi connectivity index (χ2n) is 5.16. The lowest BCUT2D eigenvalue weighted by atomic mass is 10.2. The third-order valence-corrected chi connectivity index (χ3v) is 3.78. The molecule has 2 heterocycles. The minimum Gasteiger partial charge on any atom is -0.374 e. The van der Waals surface area contributed by atoms with Crippen LogP contribution in [0, 0.1) is 0 Å². The molecule has 4 nitrogen and oxygen atoms in total. The molecule has 1 aromatic carbocycles. The van der Waals surface area contributed by atoms with Gasteiger partial charge in [0.1, 0.15) is 5.82 Å². The zero-order chi connectivity index (χ0) is 13.8. The molecule has 1 unspecified atom stereocenters. The summed E-state index contributed by atoms with van der Waals surface area (Å²) in [5, 5.41) is 4.56. The van der Waals surface area contributed by atoms with Crippen molar-refractivity contribution in [1.29, 1.82) is 0 Å². The van der Waals surface area contributed by atoms with Crippen LogP contribution in [0.5, 0.6) is 0 Å². The van der Waals surface area contributed by atoms with Crippen molar-refractivity contribution in [3.05, 3.63) is 36.4 Å². The minimum atomic E-state index is 0.247. The van der Waals surface area contributed by atoms with Crippen molar-refractivity contribution in [2.75, 3.05) is 38.1 Å². The molecule has 20 heavy (non-hydrogen) atoms. The molecule has 0 radical (unpaired) electrons. The molecule has 3 rings (SSSR count). The second kappa shape index (κ2) is 6.20. The summed E-state index contributed by atoms with van der Waals surface area (Å²) in [6.07, 6.45) is 0.247. The van der Waals surface area contributed by atoms with Gasteiger partial charge in [0.15, 0.2) is 0 Å². The first-order valence-electron chi connectivity index (χ1n) is 7.29. The molecule has 106 valence electrons. The van der Waals surface area contributed by atoms with Crippen LogP contribution in [0.25, 0.3) is 10.9 Å². The molecule has 0 bridgehead atoms. The maximum Gasteiger partial charge on any atom is 0.126 e. The highest BCUT2D eigenvalue weighted by Gasteiger charge is 2.18. The summed E-state index contributed by atoms with van der Waals surface area (Å²) < 4.78 is 5.79. The van der Waals surface area contributed by atoms with Crippen molar-refractivity contribution >= 4 is 16.7 Å². The third-order valence-electron chi connectivity index (χ3n) is 3.78. The van der Waals surface area contributed by atoms with E-state index in [9.17, 15) is 0 Å². The number of hydrogen-bond acceptors (Lipinski definition) is 4. The molecular formula is C16H21N3O. The molecular weight excluding hydrogens is 250 g/mol. The Balaban J connectivity index is 1.61. The average molecular weight is 271 g/mol. The number of likely N-dealkylation sites (N-methyl/N-ethyl adjacent to an activating group) is 1. The molecule has 1 aliphatic heterocycles. The van der Waals surface area contributed by atoms with Crippen LogP contribution >= 0.6 is 0 Å². The van der Waals surface area contributed by atoms with E-state index in [1.54, 1.807) is 0 Å². The number of hydrogen-bond donors (Lipinski definition) is 1. The van der Waals surface area contributed by atoms with E-state index in [0.717, 1.165) is 44.1 Å². The highest BCUT2D eigenvalue weighted by atomic mass is 16.5. The molecule has 0 spiro atoms. The SMILES string of the molecule is CCN1CCOC(CNc2ccc3ccccc3n2)C1. The van der Waals surface area contributed by atoms with Crippen molar-refractivity contribution in [3.8, 4) is 0 Å². The molecule has 1 saturated heterocycles. The fourth-order valence-electron chi connectivity index (χ4n) is 2.57. The van der Waals surface area contributed by atoms with Gasteiger partial charge in [0.05, 0.1) is 18.2 Å². The van der Waals surface area contributed by atoms with E-state index < -0.39 is 0 Å². The first kappa shape index (κ1) is 13.3. The number of morpholine rings is 1. The number of nitrogens with one attached hydrogen (secondary N) is 1. The molecule has 1 aliphatic rings. The predicted octanol–water partition coefficient (Wildman–Crippen LogP) is 2.37. The van der Waals surface area contributed by atoms with Crippen LogP contribution < -0.4 is 5.32 Å². The van der Waals surface area contributed by atoms with Crippen molar-refractivity contribution in [2.24, 2.45) is 0 Å². The van der Waals surface area contributed by atoms with Gasteiger partial charge in [-0.1, -0.05) is 25.1 Å². The summed E-state index contributed by atoms with van der Waals surface area (Å²) in [6, 6.07) is 12.3. The number of benzene rings is 1. The van der Waals surface area contributed by atoms with Crippen LogP contribution in [0.1, 0.15) is 6.92 Å². The fourth-order valence-corrected chi connectivity index (χ4v) is 2.57. The number of nitrogens with zero attached hydrogens (tertiary/aromatic N) is 2. The first-order valence-corrected chi connectivity index (χ1v) is 7.29. The van der Waals surface area contributed by atoms with Gasteiger partial charge < -0.3 is 10.1 Å².